The summed E-state index contributed by atoms with van der Waals surface area (Å²) < 4.78 is 11.6. The zero-order valence-corrected chi connectivity index (χ0v) is 15.6. The van der Waals surface area contributed by atoms with Gasteiger partial charge in [0.15, 0.2) is 0 Å². The van der Waals surface area contributed by atoms with Crippen LogP contribution in [0.25, 0.3) is 0 Å². The van der Waals surface area contributed by atoms with Crippen LogP contribution in [0.3, 0.4) is 0 Å². The molecule has 4 nitrogen and oxygen atoms in total. The van der Waals surface area contributed by atoms with E-state index in [0.717, 1.165) is 42.7 Å². The number of aryl methyl sites for hydroxylation is 1. The smallest absolute Gasteiger partial charge is 0.256 e. The molecule has 0 bridgehead atoms. The predicted molar refractivity (Wildman–Crippen MR) is 97.6 cm³/mol. The monoisotopic (exact) mass is 333 g/mol. The lowest BCUT2D eigenvalue weighted by Gasteiger charge is -2.37. The van der Waals surface area contributed by atoms with Crippen LogP contribution in [0.2, 0.25) is 0 Å². The molecule has 1 fully saturated rings. The van der Waals surface area contributed by atoms with Crippen molar-refractivity contribution in [3.05, 3.63) is 23.8 Å². The number of carbonyl (C=O) groups is 1. The summed E-state index contributed by atoms with van der Waals surface area (Å²) in [5.74, 6) is 1.35. The fourth-order valence-corrected chi connectivity index (χ4v) is 3.39. The second-order valence-corrected chi connectivity index (χ2v) is 7.17. The van der Waals surface area contributed by atoms with Crippen LogP contribution in [0.4, 0.5) is 5.69 Å². The summed E-state index contributed by atoms with van der Waals surface area (Å²) in [7, 11) is 1.64. The van der Waals surface area contributed by atoms with Crippen molar-refractivity contribution in [2.45, 2.75) is 71.5 Å². The molecule has 1 saturated carbocycles. The first-order chi connectivity index (χ1) is 11.4. The van der Waals surface area contributed by atoms with E-state index < -0.39 is 5.60 Å². The Hall–Kier alpha value is -1.55. The normalized spacial score (nSPS) is 25.1. The number of amides is 1. The largest absolute Gasteiger partial charge is 0.490 e. The van der Waals surface area contributed by atoms with Gasteiger partial charge >= 0.3 is 0 Å². The molecular weight excluding hydrogens is 302 g/mol. The van der Waals surface area contributed by atoms with Gasteiger partial charge in [-0.05, 0) is 69.2 Å². The van der Waals surface area contributed by atoms with Crippen LogP contribution < -0.4 is 10.1 Å². The third-order valence-corrected chi connectivity index (χ3v) is 5.10. The minimum absolute atomic E-state index is 0.0356. The van der Waals surface area contributed by atoms with Crippen molar-refractivity contribution < 1.29 is 14.3 Å². The fraction of sp³-hybridized carbons (Fsp3) is 0.650. The minimum Gasteiger partial charge on any atom is -0.490 e. The number of rotatable bonds is 6. The van der Waals surface area contributed by atoms with Gasteiger partial charge in [0.25, 0.3) is 5.91 Å². The number of nitrogens with one attached hydrogen (secondary N) is 1. The van der Waals surface area contributed by atoms with Gasteiger partial charge in [-0.15, -0.1) is 0 Å². The molecule has 24 heavy (non-hydrogen) atoms. The van der Waals surface area contributed by atoms with Crippen molar-refractivity contribution in [1.29, 1.82) is 0 Å². The fourth-order valence-electron chi connectivity index (χ4n) is 3.39. The Kier molecular flexibility index (Phi) is 6.27. The molecule has 1 aliphatic carbocycles. The molecular formula is C20H31NO3. The molecule has 1 aromatic carbocycles. The number of ether oxygens (including phenoxy) is 2. The number of hydrogen-bond acceptors (Lipinski definition) is 3. The van der Waals surface area contributed by atoms with E-state index in [-0.39, 0.29) is 12.0 Å². The SMILES string of the molecule is CC[C@@H](C)Oc1ccc(NC(=O)[C@]2(OC)CCC[C@@H](C)C2)cc1C. The Morgan fingerprint density at radius 3 is 2.79 bits per heavy atom. The zero-order chi connectivity index (χ0) is 17.7. The minimum atomic E-state index is -0.697. The molecule has 0 saturated heterocycles. The van der Waals surface area contributed by atoms with Crippen LogP contribution in [0, 0.1) is 12.8 Å². The molecule has 2 rings (SSSR count). The van der Waals surface area contributed by atoms with E-state index in [0.29, 0.717) is 5.92 Å². The average Bonchev–Trinajstić information content (AvgIpc) is 2.56. The molecule has 1 N–H and O–H groups in total. The Bertz CT molecular complexity index is 572. The van der Waals surface area contributed by atoms with E-state index in [2.05, 4.69) is 26.1 Å². The van der Waals surface area contributed by atoms with Gasteiger partial charge < -0.3 is 14.8 Å². The molecule has 0 heterocycles. The van der Waals surface area contributed by atoms with Gasteiger partial charge in [0.2, 0.25) is 0 Å². The third-order valence-electron chi connectivity index (χ3n) is 5.10. The Balaban J connectivity index is 2.09. The molecule has 3 atom stereocenters. The summed E-state index contributed by atoms with van der Waals surface area (Å²) in [5.41, 5.74) is 1.12. The maximum absolute atomic E-state index is 12.8. The van der Waals surface area contributed by atoms with Gasteiger partial charge in [-0.1, -0.05) is 20.3 Å². The van der Waals surface area contributed by atoms with E-state index in [1.54, 1.807) is 7.11 Å². The average molecular weight is 333 g/mol. The molecule has 1 aliphatic rings. The van der Waals surface area contributed by atoms with Crippen LogP contribution in [0.5, 0.6) is 5.75 Å². The van der Waals surface area contributed by atoms with Crippen molar-refractivity contribution in [1.82, 2.24) is 0 Å². The zero-order valence-electron chi connectivity index (χ0n) is 15.6. The number of methoxy groups -OCH3 is 1. The summed E-state index contributed by atoms with van der Waals surface area (Å²) in [6.45, 7) is 8.35. The van der Waals surface area contributed by atoms with Gasteiger partial charge in [-0.25, -0.2) is 0 Å². The third kappa shape index (κ3) is 4.29. The number of anilines is 1. The highest BCUT2D eigenvalue weighted by molar-refractivity contribution is 5.97. The lowest BCUT2D eigenvalue weighted by atomic mass is 9.78. The van der Waals surface area contributed by atoms with E-state index in [1.807, 2.05) is 25.1 Å². The summed E-state index contributed by atoms with van der Waals surface area (Å²) in [5, 5.41) is 3.04. The van der Waals surface area contributed by atoms with E-state index in [4.69, 9.17) is 9.47 Å². The molecule has 134 valence electrons. The van der Waals surface area contributed by atoms with Crippen molar-refractivity contribution in [3.63, 3.8) is 0 Å². The Labute approximate surface area is 145 Å². The van der Waals surface area contributed by atoms with Crippen molar-refractivity contribution in [3.8, 4) is 5.75 Å². The molecule has 1 aromatic rings. The maximum Gasteiger partial charge on any atom is 0.256 e. The van der Waals surface area contributed by atoms with Crippen molar-refractivity contribution in [2.75, 3.05) is 12.4 Å². The van der Waals surface area contributed by atoms with Crippen LogP contribution in [0.1, 0.15) is 58.4 Å². The summed E-state index contributed by atoms with van der Waals surface area (Å²) in [4.78, 5) is 12.8. The van der Waals surface area contributed by atoms with Gasteiger partial charge in [-0.3, -0.25) is 4.79 Å². The van der Waals surface area contributed by atoms with Crippen molar-refractivity contribution >= 4 is 11.6 Å². The van der Waals surface area contributed by atoms with E-state index in [1.165, 1.54) is 6.42 Å². The molecule has 0 spiro atoms. The summed E-state index contributed by atoms with van der Waals surface area (Å²) in [6, 6.07) is 5.80. The standard InChI is InChI=1S/C20H31NO3/c1-6-16(4)24-18-10-9-17(12-15(18)3)21-19(22)20(23-5)11-7-8-14(2)13-20/h9-10,12,14,16H,6-8,11,13H2,1-5H3,(H,21,22)/t14-,16-,20+/m1/s1. The molecule has 0 aromatic heterocycles. The lowest BCUT2D eigenvalue weighted by molar-refractivity contribution is -0.143. The quantitative estimate of drug-likeness (QED) is 0.820. The Morgan fingerprint density at radius 2 is 2.21 bits per heavy atom. The van der Waals surface area contributed by atoms with E-state index in [9.17, 15) is 4.79 Å². The van der Waals surface area contributed by atoms with Crippen LogP contribution in [-0.4, -0.2) is 24.7 Å². The highest BCUT2D eigenvalue weighted by Gasteiger charge is 2.42. The van der Waals surface area contributed by atoms with Crippen LogP contribution in [-0.2, 0) is 9.53 Å². The van der Waals surface area contributed by atoms with Crippen LogP contribution in [0.15, 0.2) is 18.2 Å². The Morgan fingerprint density at radius 1 is 1.46 bits per heavy atom. The molecule has 1 amide bonds. The number of carbonyl (C=O) groups excluding carboxylic acids is 1. The number of benzene rings is 1. The first-order valence-corrected chi connectivity index (χ1v) is 9.04. The first-order valence-electron chi connectivity index (χ1n) is 9.04. The lowest BCUT2D eigenvalue weighted by Crippen LogP contribution is -2.47. The second kappa shape index (κ2) is 8.02. The summed E-state index contributed by atoms with van der Waals surface area (Å²) >= 11 is 0. The van der Waals surface area contributed by atoms with Gasteiger partial charge in [0.05, 0.1) is 6.10 Å². The van der Waals surface area contributed by atoms with Crippen molar-refractivity contribution in [2.24, 2.45) is 5.92 Å². The maximum atomic E-state index is 12.8. The molecule has 4 heteroatoms. The van der Waals surface area contributed by atoms with Gasteiger partial charge in [0.1, 0.15) is 11.4 Å². The highest BCUT2D eigenvalue weighted by Crippen LogP contribution is 2.36. The first kappa shape index (κ1) is 18.8. The number of hydrogen-bond donors (Lipinski definition) is 1. The van der Waals surface area contributed by atoms with Gasteiger partial charge in [-0.2, -0.15) is 0 Å². The predicted octanol–water partition coefficient (Wildman–Crippen LogP) is 4.71. The van der Waals surface area contributed by atoms with Crippen LogP contribution >= 0.6 is 0 Å². The molecule has 0 aliphatic heterocycles. The summed E-state index contributed by atoms with van der Waals surface area (Å²) in [6.07, 6.45) is 4.91. The molecule has 0 unspecified atom stereocenters. The molecule has 0 radical (unpaired) electrons. The topological polar surface area (TPSA) is 47.6 Å². The second-order valence-electron chi connectivity index (χ2n) is 7.17. The van der Waals surface area contributed by atoms with E-state index >= 15 is 0 Å². The highest BCUT2D eigenvalue weighted by atomic mass is 16.5. The van der Waals surface area contributed by atoms with Gasteiger partial charge in [0, 0.05) is 12.8 Å².